The number of nitrogens with zero attached hydrogens (tertiary/aromatic N) is 1. The standard InChI is InChI=1S/C19H24N2O2/c1-5-21(17-9-7-6-8-10-17)19(22)20-13-23-18-15(3)12-11-14(2)16(18)4/h6-12H,5,13H2,1-4H3,(H,20,22). The second-order valence-corrected chi connectivity index (χ2v) is 5.50. The van der Waals surface area contributed by atoms with Crippen molar-refractivity contribution in [1.29, 1.82) is 0 Å². The number of para-hydroxylation sites is 1. The van der Waals surface area contributed by atoms with Crippen LogP contribution >= 0.6 is 0 Å². The summed E-state index contributed by atoms with van der Waals surface area (Å²) in [6.45, 7) is 8.77. The Morgan fingerprint density at radius 3 is 2.35 bits per heavy atom. The van der Waals surface area contributed by atoms with Crippen LogP contribution in [0.15, 0.2) is 42.5 Å². The van der Waals surface area contributed by atoms with E-state index in [1.165, 1.54) is 5.56 Å². The Hall–Kier alpha value is -2.49. The molecule has 1 N–H and O–H groups in total. The van der Waals surface area contributed by atoms with Gasteiger partial charge >= 0.3 is 6.03 Å². The summed E-state index contributed by atoms with van der Waals surface area (Å²) in [5, 5.41) is 2.82. The normalized spacial score (nSPS) is 10.3. The van der Waals surface area contributed by atoms with Crippen molar-refractivity contribution in [3.8, 4) is 5.75 Å². The summed E-state index contributed by atoms with van der Waals surface area (Å²) in [5.74, 6) is 0.841. The van der Waals surface area contributed by atoms with Crippen molar-refractivity contribution in [3.05, 3.63) is 59.2 Å². The average Bonchev–Trinajstić information content (AvgIpc) is 2.56. The largest absolute Gasteiger partial charge is 0.473 e. The lowest BCUT2D eigenvalue weighted by Gasteiger charge is -2.22. The number of rotatable bonds is 5. The monoisotopic (exact) mass is 312 g/mol. The van der Waals surface area contributed by atoms with Gasteiger partial charge in [0.15, 0.2) is 6.73 Å². The number of anilines is 1. The molecular weight excluding hydrogens is 288 g/mol. The Bertz CT molecular complexity index is 669. The zero-order valence-electron chi connectivity index (χ0n) is 14.2. The zero-order valence-corrected chi connectivity index (χ0v) is 14.2. The van der Waals surface area contributed by atoms with Crippen LogP contribution in [0, 0.1) is 20.8 Å². The number of carbonyl (C=O) groups excluding carboxylic acids is 1. The summed E-state index contributed by atoms with van der Waals surface area (Å²) in [6, 6.07) is 13.5. The number of nitrogens with one attached hydrogen (secondary N) is 1. The summed E-state index contributed by atoms with van der Waals surface area (Å²) in [7, 11) is 0. The molecule has 0 fully saturated rings. The third-order valence-electron chi connectivity index (χ3n) is 3.94. The first kappa shape index (κ1) is 16.9. The van der Waals surface area contributed by atoms with Crippen molar-refractivity contribution >= 4 is 11.7 Å². The van der Waals surface area contributed by atoms with Crippen molar-refractivity contribution < 1.29 is 9.53 Å². The molecule has 4 nitrogen and oxygen atoms in total. The Morgan fingerprint density at radius 2 is 1.70 bits per heavy atom. The molecular formula is C19H24N2O2. The Balaban J connectivity index is 1.98. The fourth-order valence-electron chi connectivity index (χ4n) is 2.46. The van der Waals surface area contributed by atoms with Gasteiger partial charge in [-0.2, -0.15) is 0 Å². The first-order valence-electron chi connectivity index (χ1n) is 7.84. The van der Waals surface area contributed by atoms with Gasteiger partial charge in [-0.1, -0.05) is 30.3 Å². The molecule has 0 aromatic heterocycles. The quantitative estimate of drug-likeness (QED) is 0.841. The molecule has 0 radical (unpaired) electrons. The van der Waals surface area contributed by atoms with Gasteiger partial charge in [-0.15, -0.1) is 0 Å². The molecule has 4 heteroatoms. The lowest BCUT2D eigenvalue weighted by molar-refractivity contribution is 0.228. The van der Waals surface area contributed by atoms with E-state index >= 15 is 0 Å². The van der Waals surface area contributed by atoms with Crippen LogP contribution in [0.1, 0.15) is 23.6 Å². The van der Waals surface area contributed by atoms with Crippen LogP contribution in [0.2, 0.25) is 0 Å². The summed E-state index contributed by atoms with van der Waals surface area (Å²) in [4.78, 5) is 14.0. The molecule has 0 spiro atoms. The molecule has 0 heterocycles. The van der Waals surface area contributed by atoms with Gasteiger partial charge in [0.25, 0.3) is 0 Å². The van der Waals surface area contributed by atoms with Gasteiger partial charge in [0.1, 0.15) is 5.75 Å². The number of amides is 2. The van der Waals surface area contributed by atoms with Gasteiger partial charge < -0.3 is 10.1 Å². The molecule has 0 atom stereocenters. The van der Waals surface area contributed by atoms with Gasteiger partial charge in [0, 0.05) is 12.2 Å². The molecule has 0 saturated heterocycles. The molecule has 0 saturated carbocycles. The molecule has 0 aliphatic rings. The molecule has 0 unspecified atom stereocenters. The molecule has 2 aromatic rings. The predicted octanol–water partition coefficient (Wildman–Crippen LogP) is 4.18. The van der Waals surface area contributed by atoms with E-state index in [0.717, 1.165) is 22.6 Å². The minimum Gasteiger partial charge on any atom is -0.473 e. The van der Waals surface area contributed by atoms with Gasteiger partial charge in [0.05, 0.1) is 0 Å². The lowest BCUT2D eigenvalue weighted by Crippen LogP contribution is -2.41. The molecule has 23 heavy (non-hydrogen) atoms. The number of carbonyl (C=O) groups is 1. The average molecular weight is 312 g/mol. The molecule has 0 bridgehead atoms. The number of benzene rings is 2. The highest BCUT2D eigenvalue weighted by molar-refractivity contribution is 5.91. The smallest absolute Gasteiger partial charge is 0.324 e. The van der Waals surface area contributed by atoms with Crippen molar-refractivity contribution in [2.45, 2.75) is 27.7 Å². The third-order valence-corrected chi connectivity index (χ3v) is 3.94. The molecule has 2 amide bonds. The molecule has 122 valence electrons. The third kappa shape index (κ3) is 4.03. The highest BCUT2D eigenvalue weighted by Crippen LogP contribution is 2.25. The summed E-state index contributed by atoms with van der Waals surface area (Å²) in [6.07, 6.45) is 0. The van der Waals surface area contributed by atoms with E-state index in [9.17, 15) is 4.79 Å². The first-order chi connectivity index (χ1) is 11.0. The van der Waals surface area contributed by atoms with Crippen LogP contribution in [-0.2, 0) is 0 Å². The van der Waals surface area contributed by atoms with Crippen LogP contribution in [0.3, 0.4) is 0 Å². The number of urea groups is 1. The van der Waals surface area contributed by atoms with Crippen LogP contribution < -0.4 is 15.0 Å². The molecule has 2 aromatic carbocycles. The molecule has 0 aliphatic heterocycles. The zero-order chi connectivity index (χ0) is 16.8. The maximum Gasteiger partial charge on any atom is 0.324 e. The maximum atomic E-state index is 12.3. The topological polar surface area (TPSA) is 41.6 Å². The van der Waals surface area contributed by atoms with E-state index in [2.05, 4.69) is 18.3 Å². The van der Waals surface area contributed by atoms with Crippen LogP contribution in [-0.4, -0.2) is 19.3 Å². The number of hydrogen-bond acceptors (Lipinski definition) is 2. The van der Waals surface area contributed by atoms with Gasteiger partial charge in [-0.05, 0) is 56.5 Å². The Kier molecular flexibility index (Phi) is 5.63. The van der Waals surface area contributed by atoms with Gasteiger partial charge in [-0.3, -0.25) is 4.90 Å². The van der Waals surface area contributed by atoms with Crippen molar-refractivity contribution in [2.75, 3.05) is 18.2 Å². The lowest BCUT2D eigenvalue weighted by atomic mass is 10.1. The van der Waals surface area contributed by atoms with E-state index in [4.69, 9.17) is 4.74 Å². The van der Waals surface area contributed by atoms with E-state index in [1.807, 2.05) is 57.2 Å². The first-order valence-corrected chi connectivity index (χ1v) is 7.84. The molecule has 2 rings (SSSR count). The highest BCUT2D eigenvalue weighted by Gasteiger charge is 2.13. The Labute approximate surface area is 138 Å². The van der Waals surface area contributed by atoms with Gasteiger partial charge in [0.2, 0.25) is 0 Å². The second-order valence-electron chi connectivity index (χ2n) is 5.50. The SMILES string of the molecule is CCN(C(=O)NCOc1c(C)ccc(C)c1C)c1ccccc1. The van der Waals surface area contributed by atoms with Crippen molar-refractivity contribution in [3.63, 3.8) is 0 Å². The number of ether oxygens (including phenoxy) is 1. The van der Waals surface area contributed by atoms with Crippen LogP contribution in [0.5, 0.6) is 5.75 Å². The fraction of sp³-hybridized carbons (Fsp3) is 0.316. The van der Waals surface area contributed by atoms with Crippen LogP contribution in [0.4, 0.5) is 10.5 Å². The minimum atomic E-state index is -0.165. The number of aryl methyl sites for hydroxylation is 2. The summed E-state index contributed by atoms with van der Waals surface area (Å²) in [5.41, 5.74) is 4.22. The van der Waals surface area contributed by atoms with E-state index in [0.29, 0.717) is 6.54 Å². The van der Waals surface area contributed by atoms with E-state index < -0.39 is 0 Å². The second kappa shape index (κ2) is 7.68. The van der Waals surface area contributed by atoms with Crippen LogP contribution in [0.25, 0.3) is 0 Å². The van der Waals surface area contributed by atoms with Crippen molar-refractivity contribution in [2.24, 2.45) is 0 Å². The Morgan fingerprint density at radius 1 is 1.04 bits per heavy atom. The predicted molar refractivity (Wildman–Crippen MR) is 94.1 cm³/mol. The molecule has 0 aliphatic carbocycles. The minimum absolute atomic E-state index is 0.146. The van der Waals surface area contributed by atoms with E-state index in [-0.39, 0.29) is 12.8 Å². The summed E-state index contributed by atoms with van der Waals surface area (Å²) >= 11 is 0. The van der Waals surface area contributed by atoms with E-state index in [1.54, 1.807) is 4.90 Å². The fourth-order valence-corrected chi connectivity index (χ4v) is 2.46. The summed E-state index contributed by atoms with van der Waals surface area (Å²) < 4.78 is 5.79. The highest BCUT2D eigenvalue weighted by atomic mass is 16.5. The van der Waals surface area contributed by atoms with Crippen molar-refractivity contribution in [1.82, 2.24) is 5.32 Å². The van der Waals surface area contributed by atoms with Gasteiger partial charge in [-0.25, -0.2) is 4.79 Å². The number of hydrogen-bond donors (Lipinski definition) is 1. The maximum absolute atomic E-state index is 12.3.